The van der Waals surface area contributed by atoms with Gasteiger partial charge in [0.15, 0.2) is 0 Å². The second-order valence-corrected chi connectivity index (χ2v) is 7.22. The van der Waals surface area contributed by atoms with Crippen molar-refractivity contribution in [2.45, 2.75) is 19.0 Å². The molecule has 0 aliphatic rings. The molecule has 0 saturated heterocycles. The lowest BCUT2D eigenvalue weighted by Crippen LogP contribution is -2.06. The third-order valence-electron chi connectivity index (χ3n) is 5.32. The third kappa shape index (κ3) is 3.78. The van der Waals surface area contributed by atoms with Gasteiger partial charge in [-0.2, -0.15) is 13.2 Å². The average Bonchev–Trinajstić information content (AvgIpc) is 3.04. The summed E-state index contributed by atoms with van der Waals surface area (Å²) < 4.78 is 45.0. The van der Waals surface area contributed by atoms with Crippen LogP contribution in [0.15, 0.2) is 89.3 Å². The number of alkyl halides is 3. The molecule has 0 amide bonds. The summed E-state index contributed by atoms with van der Waals surface area (Å²) in [5, 5.41) is 0. The summed E-state index contributed by atoms with van der Waals surface area (Å²) in [5.41, 5.74) is 3.85. The first-order valence-electron chi connectivity index (χ1n) is 9.59. The van der Waals surface area contributed by atoms with Gasteiger partial charge in [0.1, 0.15) is 11.5 Å². The monoisotopic (exact) mass is 405 g/mol. The molecule has 0 unspecified atom stereocenters. The molecule has 0 spiro atoms. The predicted molar refractivity (Wildman–Crippen MR) is 112 cm³/mol. The summed E-state index contributed by atoms with van der Waals surface area (Å²) in [6.07, 6.45) is -4.38. The topological polar surface area (TPSA) is 13.1 Å². The zero-order chi connectivity index (χ0) is 21.3. The first kappa shape index (κ1) is 20.0. The smallest absolute Gasteiger partial charge is 0.416 e. The van der Waals surface area contributed by atoms with E-state index in [1.807, 2.05) is 67.6 Å². The molecule has 3 aromatic carbocycles. The summed E-state index contributed by atoms with van der Waals surface area (Å²) in [5.74, 6) is 0.921. The summed E-state index contributed by atoms with van der Waals surface area (Å²) in [6.45, 7) is 5.94. The van der Waals surface area contributed by atoms with Crippen LogP contribution in [0.4, 0.5) is 13.2 Å². The van der Waals surface area contributed by atoms with Crippen LogP contribution in [0, 0.1) is 13.8 Å². The van der Waals surface area contributed by atoms with E-state index in [9.17, 15) is 13.2 Å². The Bertz CT molecular complexity index is 1090. The number of hydrogen-bond donors (Lipinski definition) is 0. The molecular weight excluding hydrogens is 385 g/mol. The molecule has 4 rings (SSSR count). The number of hydrogen-bond acceptors (Lipinski definition) is 1. The normalized spacial score (nSPS) is 11.8. The Morgan fingerprint density at radius 3 is 1.73 bits per heavy atom. The molecule has 0 aliphatic carbocycles. The van der Waals surface area contributed by atoms with Crippen LogP contribution in [0.25, 0.3) is 11.3 Å². The molecule has 0 N–H and O–H groups in total. The summed E-state index contributed by atoms with van der Waals surface area (Å²) >= 11 is 0. The largest absolute Gasteiger partial charge is 0.460 e. The minimum absolute atomic E-state index is 0.135. The maximum absolute atomic E-state index is 13.0. The first-order chi connectivity index (χ1) is 14.4. The van der Waals surface area contributed by atoms with Crippen molar-refractivity contribution in [2.75, 3.05) is 0 Å². The van der Waals surface area contributed by atoms with Gasteiger partial charge in [0, 0.05) is 24.0 Å². The van der Waals surface area contributed by atoms with Crippen LogP contribution < -0.4 is 0 Å². The molecule has 0 saturated carbocycles. The minimum Gasteiger partial charge on any atom is -0.460 e. The highest BCUT2D eigenvalue weighted by Gasteiger charge is 2.31. The van der Waals surface area contributed by atoms with Gasteiger partial charge >= 0.3 is 6.18 Å². The molecule has 0 atom stereocenters. The molecule has 0 fully saturated rings. The summed E-state index contributed by atoms with van der Waals surface area (Å²) in [4.78, 5) is 0. The van der Waals surface area contributed by atoms with E-state index in [4.69, 9.17) is 4.42 Å². The predicted octanol–water partition coefficient (Wildman–Crippen LogP) is 7.64. The highest BCUT2D eigenvalue weighted by Crippen LogP contribution is 2.43. The number of furan rings is 1. The van der Waals surface area contributed by atoms with E-state index in [-0.39, 0.29) is 5.92 Å². The van der Waals surface area contributed by atoms with Crippen LogP contribution in [0.3, 0.4) is 0 Å². The van der Waals surface area contributed by atoms with Crippen molar-refractivity contribution < 1.29 is 17.6 Å². The highest BCUT2D eigenvalue weighted by atomic mass is 19.4. The van der Waals surface area contributed by atoms with Gasteiger partial charge in [-0.15, -0.1) is 0 Å². The number of halogens is 3. The van der Waals surface area contributed by atoms with Crippen LogP contribution in [0.5, 0.6) is 0 Å². The fraction of sp³-hybridized carbons (Fsp3) is 0.115. The zero-order valence-electron chi connectivity index (χ0n) is 16.4. The van der Waals surface area contributed by atoms with E-state index in [1.165, 1.54) is 12.1 Å². The standard InChI is InChI=1S/C26H20F3O/c1-17-18(2)30-25(21-13-15-22(16-14-21)26(27,28)29)23(17)24(19-9-5-3-6-10-19)20-11-7-4-8-12-20/h3-16,24H,2H2,1H3. The molecule has 0 aliphatic heterocycles. The quantitative estimate of drug-likeness (QED) is 0.340. The Labute approximate surface area is 173 Å². The van der Waals surface area contributed by atoms with Gasteiger partial charge in [0.05, 0.1) is 5.56 Å². The van der Waals surface area contributed by atoms with E-state index >= 15 is 0 Å². The van der Waals surface area contributed by atoms with E-state index in [0.717, 1.165) is 34.4 Å². The lowest BCUT2D eigenvalue weighted by molar-refractivity contribution is -0.137. The molecule has 4 heteroatoms. The lowest BCUT2D eigenvalue weighted by Gasteiger charge is -2.20. The first-order valence-corrected chi connectivity index (χ1v) is 9.59. The molecule has 30 heavy (non-hydrogen) atoms. The Morgan fingerprint density at radius 2 is 1.27 bits per heavy atom. The van der Waals surface area contributed by atoms with Crippen molar-refractivity contribution in [1.82, 2.24) is 0 Å². The second kappa shape index (κ2) is 7.86. The van der Waals surface area contributed by atoms with Crippen LogP contribution in [-0.4, -0.2) is 0 Å². The fourth-order valence-electron chi connectivity index (χ4n) is 3.76. The van der Waals surface area contributed by atoms with Gasteiger partial charge in [-0.05, 0) is 35.7 Å². The van der Waals surface area contributed by atoms with Crippen LogP contribution in [0.1, 0.15) is 39.5 Å². The molecule has 0 bridgehead atoms. The highest BCUT2D eigenvalue weighted by molar-refractivity contribution is 5.68. The van der Waals surface area contributed by atoms with Gasteiger partial charge in [-0.1, -0.05) is 72.8 Å². The molecule has 1 radical (unpaired) electrons. The van der Waals surface area contributed by atoms with Gasteiger partial charge < -0.3 is 4.42 Å². The van der Waals surface area contributed by atoms with Crippen molar-refractivity contribution in [1.29, 1.82) is 0 Å². The van der Waals surface area contributed by atoms with Crippen molar-refractivity contribution >= 4 is 0 Å². The maximum atomic E-state index is 13.0. The Kier molecular flexibility index (Phi) is 5.25. The SMILES string of the molecule is [CH2]c1oc(-c2ccc(C(F)(F)F)cc2)c(C(c2ccccc2)c2ccccc2)c1C. The molecular formula is C26H20F3O. The molecule has 151 valence electrons. The molecule has 1 heterocycles. The maximum Gasteiger partial charge on any atom is 0.416 e. The van der Waals surface area contributed by atoms with Crippen molar-refractivity contribution in [3.63, 3.8) is 0 Å². The minimum atomic E-state index is -4.38. The van der Waals surface area contributed by atoms with E-state index < -0.39 is 11.7 Å². The van der Waals surface area contributed by atoms with Crippen molar-refractivity contribution in [3.05, 3.63) is 125 Å². The van der Waals surface area contributed by atoms with Crippen molar-refractivity contribution in [3.8, 4) is 11.3 Å². The van der Waals surface area contributed by atoms with Gasteiger partial charge in [-0.25, -0.2) is 0 Å². The third-order valence-corrected chi connectivity index (χ3v) is 5.32. The van der Waals surface area contributed by atoms with Gasteiger partial charge in [0.25, 0.3) is 0 Å². The summed E-state index contributed by atoms with van der Waals surface area (Å²) in [7, 11) is 0. The van der Waals surface area contributed by atoms with E-state index in [2.05, 4.69) is 6.92 Å². The van der Waals surface area contributed by atoms with Gasteiger partial charge in [-0.3, -0.25) is 0 Å². The van der Waals surface area contributed by atoms with Gasteiger partial charge in [0.2, 0.25) is 0 Å². The van der Waals surface area contributed by atoms with E-state index in [0.29, 0.717) is 17.1 Å². The Balaban J connectivity index is 1.91. The lowest BCUT2D eigenvalue weighted by atomic mass is 9.82. The fourth-order valence-corrected chi connectivity index (χ4v) is 3.76. The Hall–Kier alpha value is -3.27. The Morgan fingerprint density at radius 1 is 0.767 bits per heavy atom. The molecule has 1 aromatic heterocycles. The second-order valence-electron chi connectivity index (χ2n) is 7.22. The van der Waals surface area contributed by atoms with Crippen LogP contribution in [0.2, 0.25) is 0 Å². The average molecular weight is 405 g/mol. The number of rotatable bonds is 4. The van der Waals surface area contributed by atoms with E-state index in [1.54, 1.807) is 0 Å². The van der Waals surface area contributed by atoms with Crippen molar-refractivity contribution in [2.24, 2.45) is 0 Å². The van der Waals surface area contributed by atoms with Crippen LogP contribution >= 0.6 is 0 Å². The molecule has 4 aromatic rings. The number of benzene rings is 3. The van der Waals surface area contributed by atoms with Crippen LogP contribution in [-0.2, 0) is 6.18 Å². The summed E-state index contributed by atoms with van der Waals surface area (Å²) in [6, 6.07) is 25.1. The zero-order valence-corrected chi connectivity index (χ0v) is 16.4. The molecule has 1 nitrogen and oxygen atoms in total.